The maximum atomic E-state index is 11.9. The molecule has 21 heavy (non-hydrogen) atoms. The standard InChI is InChI=1S/C15H20N4O.ClH/c1-2-19-13-6-4-3-5-12(13)17-15(19)18-14(20)10-16-9-11-7-8-11;/h3-6,11,16H,2,7-10H2,1H3,(H,17,18,20);1H. The van der Waals surface area contributed by atoms with Crippen molar-refractivity contribution in [3.63, 3.8) is 0 Å². The molecule has 1 saturated carbocycles. The zero-order valence-electron chi connectivity index (χ0n) is 12.1. The van der Waals surface area contributed by atoms with Crippen molar-refractivity contribution < 1.29 is 4.79 Å². The third-order valence-corrected chi connectivity index (χ3v) is 3.64. The number of nitrogens with one attached hydrogen (secondary N) is 2. The second-order valence-electron chi connectivity index (χ2n) is 5.29. The van der Waals surface area contributed by atoms with E-state index in [-0.39, 0.29) is 18.3 Å². The van der Waals surface area contributed by atoms with Gasteiger partial charge in [0.15, 0.2) is 0 Å². The van der Waals surface area contributed by atoms with E-state index in [1.807, 2.05) is 28.8 Å². The van der Waals surface area contributed by atoms with Crippen LogP contribution in [0.25, 0.3) is 11.0 Å². The number of aromatic nitrogens is 2. The number of benzene rings is 1. The van der Waals surface area contributed by atoms with Crippen LogP contribution in [0, 0.1) is 5.92 Å². The van der Waals surface area contributed by atoms with Gasteiger partial charge in [0.2, 0.25) is 11.9 Å². The zero-order chi connectivity index (χ0) is 13.9. The number of halogens is 1. The Labute approximate surface area is 130 Å². The third kappa shape index (κ3) is 3.74. The van der Waals surface area contributed by atoms with Crippen LogP contribution in [0.3, 0.4) is 0 Å². The summed E-state index contributed by atoms with van der Waals surface area (Å²) >= 11 is 0. The summed E-state index contributed by atoms with van der Waals surface area (Å²) in [4.78, 5) is 16.4. The van der Waals surface area contributed by atoms with Gasteiger partial charge < -0.3 is 9.88 Å². The van der Waals surface area contributed by atoms with Gasteiger partial charge >= 0.3 is 0 Å². The van der Waals surface area contributed by atoms with Crippen molar-refractivity contribution in [2.75, 3.05) is 18.4 Å². The van der Waals surface area contributed by atoms with Gasteiger partial charge in [-0.2, -0.15) is 0 Å². The molecule has 1 aliphatic carbocycles. The largest absolute Gasteiger partial charge is 0.310 e. The lowest BCUT2D eigenvalue weighted by atomic mass is 10.3. The monoisotopic (exact) mass is 308 g/mol. The molecule has 0 radical (unpaired) electrons. The molecule has 6 heteroatoms. The Morgan fingerprint density at radius 1 is 1.38 bits per heavy atom. The van der Waals surface area contributed by atoms with Gasteiger partial charge in [0, 0.05) is 6.54 Å². The van der Waals surface area contributed by atoms with E-state index in [1.165, 1.54) is 12.8 Å². The minimum Gasteiger partial charge on any atom is -0.310 e. The molecule has 1 aliphatic rings. The lowest BCUT2D eigenvalue weighted by Crippen LogP contribution is -2.30. The van der Waals surface area contributed by atoms with Gasteiger partial charge in [0.1, 0.15) is 0 Å². The smallest absolute Gasteiger partial charge is 0.240 e. The number of nitrogens with zero attached hydrogens (tertiary/aromatic N) is 2. The number of para-hydroxylation sites is 2. The average Bonchev–Trinajstić information content (AvgIpc) is 3.19. The van der Waals surface area contributed by atoms with Crippen LogP contribution in [0.2, 0.25) is 0 Å². The number of anilines is 1. The molecule has 1 heterocycles. The van der Waals surface area contributed by atoms with E-state index in [0.717, 1.165) is 30.0 Å². The van der Waals surface area contributed by atoms with Crippen molar-refractivity contribution in [1.82, 2.24) is 14.9 Å². The molecule has 0 bridgehead atoms. The summed E-state index contributed by atoms with van der Waals surface area (Å²) in [6.45, 7) is 4.13. The molecule has 3 rings (SSSR count). The zero-order valence-corrected chi connectivity index (χ0v) is 12.9. The second kappa shape index (κ2) is 6.91. The third-order valence-electron chi connectivity index (χ3n) is 3.64. The fourth-order valence-corrected chi connectivity index (χ4v) is 2.37. The summed E-state index contributed by atoms with van der Waals surface area (Å²) in [5.74, 6) is 1.38. The van der Waals surface area contributed by atoms with Crippen molar-refractivity contribution in [2.45, 2.75) is 26.3 Å². The highest BCUT2D eigenvalue weighted by molar-refractivity contribution is 5.92. The molecule has 114 valence electrons. The Morgan fingerprint density at radius 3 is 2.86 bits per heavy atom. The van der Waals surface area contributed by atoms with Crippen LogP contribution in [-0.2, 0) is 11.3 Å². The van der Waals surface area contributed by atoms with Crippen LogP contribution in [0.1, 0.15) is 19.8 Å². The van der Waals surface area contributed by atoms with Gasteiger partial charge in [0.25, 0.3) is 0 Å². The van der Waals surface area contributed by atoms with E-state index in [9.17, 15) is 4.79 Å². The lowest BCUT2D eigenvalue weighted by Gasteiger charge is -2.08. The minimum atomic E-state index is -0.0318. The number of aryl methyl sites for hydroxylation is 1. The number of hydrogen-bond donors (Lipinski definition) is 2. The maximum Gasteiger partial charge on any atom is 0.240 e. The molecule has 2 aromatic rings. The summed E-state index contributed by atoms with van der Waals surface area (Å²) in [7, 11) is 0. The number of carbonyl (C=O) groups is 1. The van der Waals surface area contributed by atoms with Gasteiger partial charge in [-0.3, -0.25) is 10.1 Å². The average molecular weight is 309 g/mol. The van der Waals surface area contributed by atoms with Crippen molar-refractivity contribution >= 4 is 35.3 Å². The van der Waals surface area contributed by atoms with Gasteiger partial charge in [-0.05, 0) is 44.4 Å². The lowest BCUT2D eigenvalue weighted by molar-refractivity contribution is -0.115. The topological polar surface area (TPSA) is 59.0 Å². The Morgan fingerprint density at radius 2 is 2.14 bits per heavy atom. The van der Waals surface area contributed by atoms with E-state index < -0.39 is 0 Å². The molecule has 5 nitrogen and oxygen atoms in total. The second-order valence-corrected chi connectivity index (χ2v) is 5.29. The van der Waals surface area contributed by atoms with Crippen LogP contribution in [0.15, 0.2) is 24.3 Å². The Bertz CT molecular complexity index is 621. The van der Waals surface area contributed by atoms with Crippen LogP contribution < -0.4 is 10.6 Å². The van der Waals surface area contributed by atoms with E-state index in [1.54, 1.807) is 0 Å². The molecular formula is C15H21ClN4O. The molecule has 0 aliphatic heterocycles. The molecular weight excluding hydrogens is 288 g/mol. The van der Waals surface area contributed by atoms with Crippen LogP contribution in [-0.4, -0.2) is 28.5 Å². The molecule has 1 fully saturated rings. The molecule has 0 unspecified atom stereocenters. The molecule has 0 atom stereocenters. The van der Waals surface area contributed by atoms with Crippen molar-refractivity contribution in [2.24, 2.45) is 5.92 Å². The normalized spacial score (nSPS) is 14.0. The first-order valence-corrected chi connectivity index (χ1v) is 7.23. The molecule has 0 saturated heterocycles. The van der Waals surface area contributed by atoms with E-state index in [2.05, 4.69) is 22.5 Å². The van der Waals surface area contributed by atoms with Crippen molar-refractivity contribution in [1.29, 1.82) is 0 Å². The number of rotatable bonds is 6. The highest BCUT2D eigenvalue weighted by atomic mass is 35.5. The van der Waals surface area contributed by atoms with Crippen molar-refractivity contribution in [3.8, 4) is 0 Å². The molecule has 2 N–H and O–H groups in total. The first-order chi connectivity index (χ1) is 9.78. The predicted octanol–water partition coefficient (Wildman–Crippen LogP) is 2.42. The quantitative estimate of drug-likeness (QED) is 0.861. The van der Waals surface area contributed by atoms with E-state index in [4.69, 9.17) is 0 Å². The fourth-order valence-electron chi connectivity index (χ4n) is 2.37. The van der Waals surface area contributed by atoms with Crippen LogP contribution in [0.4, 0.5) is 5.95 Å². The first-order valence-electron chi connectivity index (χ1n) is 7.23. The number of imidazole rings is 1. The summed E-state index contributed by atoms with van der Waals surface area (Å²) in [5, 5.41) is 6.08. The van der Waals surface area contributed by atoms with Crippen LogP contribution in [0.5, 0.6) is 0 Å². The fraction of sp³-hybridized carbons (Fsp3) is 0.467. The Kier molecular flexibility index (Phi) is 5.20. The molecule has 0 spiro atoms. The van der Waals surface area contributed by atoms with Gasteiger partial charge in [-0.15, -0.1) is 12.4 Å². The summed E-state index contributed by atoms with van der Waals surface area (Å²) in [6, 6.07) is 7.92. The van der Waals surface area contributed by atoms with Gasteiger partial charge in [0.05, 0.1) is 17.6 Å². The van der Waals surface area contributed by atoms with Gasteiger partial charge in [-0.25, -0.2) is 4.98 Å². The molecule has 1 aromatic heterocycles. The predicted molar refractivity (Wildman–Crippen MR) is 86.9 cm³/mol. The number of fused-ring (bicyclic) bond motifs is 1. The van der Waals surface area contributed by atoms with Crippen molar-refractivity contribution in [3.05, 3.63) is 24.3 Å². The highest BCUT2D eigenvalue weighted by Crippen LogP contribution is 2.27. The van der Waals surface area contributed by atoms with E-state index >= 15 is 0 Å². The number of amides is 1. The molecule has 1 amide bonds. The first kappa shape index (κ1) is 15.8. The summed E-state index contributed by atoms with van der Waals surface area (Å²) in [6.07, 6.45) is 2.58. The highest BCUT2D eigenvalue weighted by Gasteiger charge is 2.20. The van der Waals surface area contributed by atoms with E-state index in [0.29, 0.717) is 12.5 Å². The maximum absolute atomic E-state index is 11.9. The number of carbonyl (C=O) groups excluding carboxylic acids is 1. The Hall–Kier alpha value is -1.59. The summed E-state index contributed by atoms with van der Waals surface area (Å²) < 4.78 is 2.02. The number of hydrogen-bond acceptors (Lipinski definition) is 3. The Balaban J connectivity index is 0.00000161. The summed E-state index contributed by atoms with van der Waals surface area (Å²) in [5.41, 5.74) is 1.96. The minimum absolute atomic E-state index is 0. The SMILES string of the molecule is CCn1c(NC(=O)CNCC2CC2)nc2ccccc21.Cl. The molecule has 1 aromatic carbocycles. The van der Waals surface area contributed by atoms with Gasteiger partial charge in [-0.1, -0.05) is 12.1 Å². The van der Waals surface area contributed by atoms with Crippen LogP contribution >= 0.6 is 12.4 Å².